The first kappa shape index (κ1) is 15.6. The van der Waals surface area contributed by atoms with E-state index in [4.69, 9.17) is 4.89 Å². The standard InChI is InChI=1S/C9H15F2O4P/c1-6(2)7(3)4-9(10,11)8(12)5-15-16(13)14/h6-7H,4-5H2,1-3H3/p+1. The van der Waals surface area contributed by atoms with Crippen molar-refractivity contribution in [2.24, 2.45) is 11.8 Å². The number of rotatable bonds is 7. The third-order valence-electron chi connectivity index (χ3n) is 2.43. The van der Waals surface area contributed by atoms with Gasteiger partial charge in [0.2, 0.25) is 5.78 Å². The summed E-state index contributed by atoms with van der Waals surface area (Å²) >= 11 is 0. The zero-order valence-corrected chi connectivity index (χ0v) is 10.3. The number of carbonyl (C=O) groups is 1. The second kappa shape index (κ2) is 6.33. The Morgan fingerprint density at radius 1 is 1.44 bits per heavy atom. The van der Waals surface area contributed by atoms with Gasteiger partial charge in [-0.2, -0.15) is 8.78 Å². The van der Waals surface area contributed by atoms with Crippen molar-refractivity contribution in [1.29, 1.82) is 0 Å². The van der Waals surface area contributed by atoms with E-state index in [1.165, 1.54) is 0 Å². The lowest BCUT2D eigenvalue weighted by molar-refractivity contribution is -0.148. The van der Waals surface area contributed by atoms with Gasteiger partial charge in [-0.05, 0) is 11.8 Å². The van der Waals surface area contributed by atoms with Gasteiger partial charge in [-0.25, -0.2) is 0 Å². The van der Waals surface area contributed by atoms with Crippen LogP contribution in [0.25, 0.3) is 0 Å². The average Bonchev–Trinajstić information content (AvgIpc) is 2.12. The second-order valence-corrected chi connectivity index (χ2v) is 4.80. The Morgan fingerprint density at radius 2 is 1.94 bits per heavy atom. The van der Waals surface area contributed by atoms with Gasteiger partial charge in [0.15, 0.2) is 6.61 Å². The van der Waals surface area contributed by atoms with Crippen LogP contribution in [0.15, 0.2) is 0 Å². The van der Waals surface area contributed by atoms with Crippen LogP contribution in [0.2, 0.25) is 0 Å². The molecule has 16 heavy (non-hydrogen) atoms. The molecular formula is C9H16F2O4P+. The summed E-state index contributed by atoms with van der Waals surface area (Å²) in [6, 6.07) is 0. The lowest BCUT2D eigenvalue weighted by Gasteiger charge is -2.21. The molecule has 0 aromatic rings. The van der Waals surface area contributed by atoms with Crippen molar-refractivity contribution in [3.8, 4) is 0 Å². The number of Topliss-reactive ketones (excluding diaryl/α,β-unsaturated/α-hetero) is 1. The van der Waals surface area contributed by atoms with E-state index < -0.39 is 33.0 Å². The Hall–Kier alpha value is -0.450. The van der Waals surface area contributed by atoms with Crippen molar-refractivity contribution >= 4 is 14.0 Å². The van der Waals surface area contributed by atoms with E-state index in [1.54, 1.807) is 20.8 Å². The van der Waals surface area contributed by atoms with Gasteiger partial charge in [0, 0.05) is 11.0 Å². The van der Waals surface area contributed by atoms with Gasteiger partial charge < -0.3 is 0 Å². The lowest BCUT2D eigenvalue weighted by atomic mass is 9.90. The molecule has 2 unspecified atom stereocenters. The van der Waals surface area contributed by atoms with Gasteiger partial charge in [0.05, 0.1) is 0 Å². The smallest absolute Gasteiger partial charge is 0.290 e. The first-order chi connectivity index (χ1) is 7.16. The molecule has 0 heterocycles. The molecule has 0 amide bonds. The molecule has 0 aromatic carbocycles. The first-order valence-corrected chi connectivity index (χ1v) is 6.00. The third kappa shape index (κ3) is 5.58. The highest BCUT2D eigenvalue weighted by Gasteiger charge is 2.41. The predicted octanol–water partition coefficient (Wildman–Crippen LogP) is 2.54. The minimum atomic E-state index is -3.50. The van der Waals surface area contributed by atoms with Gasteiger partial charge in [0.1, 0.15) is 0 Å². The van der Waals surface area contributed by atoms with Crippen LogP contribution < -0.4 is 0 Å². The molecular weight excluding hydrogens is 241 g/mol. The fourth-order valence-corrected chi connectivity index (χ4v) is 1.20. The molecule has 0 aromatic heterocycles. The fourth-order valence-electron chi connectivity index (χ4n) is 0.973. The van der Waals surface area contributed by atoms with Crippen LogP contribution in [0.4, 0.5) is 8.78 Å². The normalized spacial score (nSPS) is 15.1. The van der Waals surface area contributed by atoms with Crippen LogP contribution in [0.5, 0.6) is 0 Å². The Kier molecular flexibility index (Phi) is 6.15. The van der Waals surface area contributed by atoms with E-state index >= 15 is 0 Å². The molecule has 0 bridgehead atoms. The van der Waals surface area contributed by atoms with Gasteiger partial charge in [0.25, 0.3) is 0 Å². The highest BCUT2D eigenvalue weighted by atomic mass is 31.1. The Balaban J connectivity index is 4.30. The van der Waals surface area contributed by atoms with E-state index in [-0.39, 0.29) is 11.8 Å². The molecule has 0 fully saturated rings. The molecule has 0 aliphatic carbocycles. The van der Waals surface area contributed by atoms with Crippen molar-refractivity contribution in [1.82, 2.24) is 0 Å². The number of carbonyl (C=O) groups excluding carboxylic acids is 1. The summed E-state index contributed by atoms with van der Waals surface area (Å²) in [5.74, 6) is -5.25. The Morgan fingerprint density at radius 3 is 2.31 bits per heavy atom. The van der Waals surface area contributed by atoms with E-state index in [0.29, 0.717) is 0 Å². The van der Waals surface area contributed by atoms with Crippen LogP contribution in [0, 0.1) is 11.8 Å². The van der Waals surface area contributed by atoms with E-state index in [9.17, 15) is 18.1 Å². The SMILES string of the molecule is CC(C)C(C)CC(F)(F)C(=O)CO[P+](=O)O. The first-order valence-electron chi connectivity index (χ1n) is 4.87. The van der Waals surface area contributed by atoms with Crippen molar-refractivity contribution in [3.63, 3.8) is 0 Å². The maximum Gasteiger partial charge on any atom is 0.695 e. The van der Waals surface area contributed by atoms with Gasteiger partial charge in [-0.3, -0.25) is 4.79 Å². The van der Waals surface area contributed by atoms with E-state index in [2.05, 4.69) is 4.52 Å². The molecule has 0 rings (SSSR count). The number of halogens is 2. The van der Waals surface area contributed by atoms with Crippen LogP contribution in [0.1, 0.15) is 27.2 Å². The maximum atomic E-state index is 13.3. The lowest BCUT2D eigenvalue weighted by Crippen LogP contribution is -2.34. The van der Waals surface area contributed by atoms with Crippen LogP contribution in [-0.4, -0.2) is 23.2 Å². The summed E-state index contributed by atoms with van der Waals surface area (Å²) < 4.78 is 40.6. The summed E-state index contributed by atoms with van der Waals surface area (Å²) in [7, 11) is -3.02. The molecule has 4 nitrogen and oxygen atoms in total. The van der Waals surface area contributed by atoms with Crippen molar-refractivity contribution in [3.05, 3.63) is 0 Å². The summed E-state index contributed by atoms with van der Waals surface area (Å²) in [4.78, 5) is 19.2. The fraction of sp³-hybridized carbons (Fsp3) is 0.889. The summed E-state index contributed by atoms with van der Waals surface area (Å²) in [6.45, 7) is 4.15. The van der Waals surface area contributed by atoms with Gasteiger partial charge in [-0.1, -0.05) is 20.8 Å². The molecule has 7 heteroatoms. The Bertz CT molecular complexity index is 268. The summed E-state index contributed by atoms with van der Waals surface area (Å²) in [5, 5.41) is 0. The van der Waals surface area contributed by atoms with Crippen LogP contribution >= 0.6 is 8.25 Å². The molecule has 0 saturated carbocycles. The average molecular weight is 257 g/mol. The quantitative estimate of drug-likeness (QED) is 0.712. The molecule has 0 aliphatic heterocycles. The zero-order chi connectivity index (χ0) is 12.9. The van der Waals surface area contributed by atoms with Crippen molar-refractivity contribution in [2.45, 2.75) is 33.1 Å². The number of alkyl halides is 2. The van der Waals surface area contributed by atoms with Crippen molar-refractivity contribution < 1.29 is 27.6 Å². The molecule has 0 aliphatic rings. The van der Waals surface area contributed by atoms with Gasteiger partial charge >= 0.3 is 14.2 Å². The van der Waals surface area contributed by atoms with Crippen LogP contribution in [-0.2, 0) is 13.9 Å². The number of hydrogen-bond acceptors (Lipinski definition) is 3. The number of ketones is 1. The molecule has 1 N–H and O–H groups in total. The molecule has 0 saturated heterocycles. The van der Waals surface area contributed by atoms with Crippen LogP contribution in [0.3, 0.4) is 0 Å². The zero-order valence-electron chi connectivity index (χ0n) is 9.44. The van der Waals surface area contributed by atoms with Crippen molar-refractivity contribution in [2.75, 3.05) is 6.61 Å². The highest BCUT2D eigenvalue weighted by Crippen LogP contribution is 2.29. The minimum Gasteiger partial charge on any atom is -0.290 e. The summed E-state index contributed by atoms with van der Waals surface area (Å²) in [5.41, 5.74) is 0. The molecule has 0 radical (unpaired) electrons. The van der Waals surface area contributed by atoms with E-state index in [1.807, 2.05) is 0 Å². The largest absolute Gasteiger partial charge is 0.695 e. The van der Waals surface area contributed by atoms with Gasteiger partial charge in [-0.15, -0.1) is 9.42 Å². The monoisotopic (exact) mass is 257 g/mol. The number of hydrogen-bond donors (Lipinski definition) is 1. The second-order valence-electron chi connectivity index (χ2n) is 4.06. The molecule has 0 spiro atoms. The predicted molar refractivity (Wildman–Crippen MR) is 54.4 cm³/mol. The highest BCUT2D eigenvalue weighted by molar-refractivity contribution is 7.32. The molecule has 94 valence electrons. The Labute approximate surface area is 93.9 Å². The minimum absolute atomic E-state index is 0.0362. The third-order valence-corrected chi connectivity index (χ3v) is 2.78. The topological polar surface area (TPSA) is 63.6 Å². The summed E-state index contributed by atoms with van der Waals surface area (Å²) in [6.07, 6.45) is -0.574. The van der Waals surface area contributed by atoms with E-state index in [0.717, 1.165) is 0 Å². The maximum absolute atomic E-state index is 13.3. The molecule has 2 atom stereocenters.